The van der Waals surface area contributed by atoms with Crippen LogP contribution < -0.4 is 21.3 Å². The van der Waals surface area contributed by atoms with Gasteiger partial charge in [-0.2, -0.15) is 0 Å². The highest BCUT2D eigenvalue weighted by atomic mass is 19.1. The van der Waals surface area contributed by atoms with Crippen LogP contribution in [0.2, 0.25) is 0 Å². The quantitative estimate of drug-likeness (QED) is 0.118. The zero-order valence-corrected chi connectivity index (χ0v) is 26.6. The van der Waals surface area contributed by atoms with Gasteiger partial charge in [0.25, 0.3) is 23.6 Å². The smallest absolute Gasteiger partial charge is 0.264 e. The summed E-state index contributed by atoms with van der Waals surface area (Å²) in [5.41, 5.74) is 4.77. The summed E-state index contributed by atoms with van der Waals surface area (Å²) in [6.45, 7) is 4.62. The number of piperidine rings is 1. The Balaban J connectivity index is 0.966. The molecule has 12 nitrogen and oxygen atoms in total. The molecule has 0 bridgehead atoms. The molecular weight excluding hydrogens is 619 g/mol. The Morgan fingerprint density at radius 3 is 2.50 bits per heavy atom. The normalized spacial score (nSPS) is 17.8. The van der Waals surface area contributed by atoms with E-state index in [-0.39, 0.29) is 35.8 Å². The number of aryl methyl sites for hydroxylation is 1. The third-order valence-corrected chi connectivity index (χ3v) is 8.93. The van der Waals surface area contributed by atoms with E-state index in [1.54, 1.807) is 38.1 Å². The molecule has 1 saturated heterocycles. The summed E-state index contributed by atoms with van der Waals surface area (Å²) in [5.74, 6) is -3.17. The Labute approximate surface area is 275 Å². The van der Waals surface area contributed by atoms with E-state index in [9.17, 15) is 33.2 Å². The zero-order valence-electron chi connectivity index (χ0n) is 26.6. The molecule has 0 radical (unpaired) electrons. The van der Waals surface area contributed by atoms with E-state index in [4.69, 9.17) is 0 Å². The Bertz CT molecular complexity index is 1910. The summed E-state index contributed by atoms with van der Waals surface area (Å²) in [6.07, 6.45) is 5.04. The maximum Gasteiger partial charge on any atom is 0.264 e. The van der Waals surface area contributed by atoms with Crippen LogP contribution in [0.4, 0.5) is 15.8 Å². The van der Waals surface area contributed by atoms with E-state index < -0.39 is 35.5 Å². The van der Waals surface area contributed by atoms with Crippen molar-refractivity contribution in [1.82, 2.24) is 20.5 Å². The number of halogens is 1. The van der Waals surface area contributed by atoms with Crippen LogP contribution in [0.3, 0.4) is 0 Å². The maximum absolute atomic E-state index is 13.8. The van der Waals surface area contributed by atoms with Crippen molar-refractivity contribution in [3.8, 4) is 0 Å². The molecular formula is C35H35FN6O6. The van der Waals surface area contributed by atoms with Gasteiger partial charge < -0.3 is 20.9 Å². The van der Waals surface area contributed by atoms with Crippen molar-refractivity contribution in [2.75, 3.05) is 23.7 Å². The van der Waals surface area contributed by atoms with Gasteiger partial charge in [-0.1, -0.05) is 18.9 Å². The Kier molecular flexibility index (Phi) is 8.94. The number of unbranched alkanes of at least 4 members (excludes halogenated alkanes) is 3. The lowest BCUT2D eigenvalue weighted by molar-refractivity contribution is -0.136. The largest absolute Gasteiger partial charge is 0.384 e. The van der Waals surface area contributed by atoms with Crippen molar-refractivity contribution >= 4 is 58.5 Å². The summed E-state index contributed by atoms with van der Waals surface area (Å²) in [6, 6.07) is 8.07. The average Bonchev–Trinajstić information content (AvgIpc) is 3.61. The van der Waals surface area contributed by atoms with Crippen LogP contribution in [0.25, 0.3) is 11.6 Å². The minimum absolute atomic E-state index is 0.0600. The molecule has 248 valence electrons. The number of H-pyrrole nitrogens is 1. The fourth-order valence-electron chi connectivity index (χ4n) is 6.49. The molecule has 0 saturated carbocycles. The fraction of sp³-hybridized carbons (Fsp3) is 0.314. The predicted octanol–water partition coefficient (Wildman–Crippen LogP) is 4.07. The van der Waals surface area contributed by atoms with E-state index in [0.717, 1.165) is 30.6 Å². The summed E-state index contributed by atoms with van der Waals surface area (Å²) in [7, 11) is 0. The summed E-state index contributed by atoms with van der Waals surface area (Å²) in [5, 5.41) is 11.1. The van der Waals surface area contributed by atoms with Crippen molar-refractivity contribution in [1.29, 1.82) is 0 Å². The van der Waals surface area contributed by atoms with E-state index in [1.165, 1.54) is 18.2 Å². The van der Waals surface area contributed by atoms with Gasteiger partial charge >= 0.3 is 0 Å². The highest BCUT2D eigenvalue weighted by Gasteiger charge is 2.45. The van der Waals surface area contributed by atoms with Crippen molar-refractivity contribution in [3.63, 3.8) is 0 Å². The summed E-state index contributed by atoms with van der Waals surface area (Å²) in [4.78, 5) is 79.9. The second kappa shape index (κ2) is 13.3. The molecule has 1 aromatic heterocycles. The van der Waals surface area contributed by atoms with Gasteiger partial charge in [0.1, 0.15) is 11.9 Å². The lowest BCUT2D eigenvalue weighted by atomic mass is 10.0. The molecule has 1 atom stereocenters. The molecule has 6 amide bonds. The van der Waals surface area contributed by atoms with Gasteiger partial charge in [0.15, 0.2) is 0 Å². The van der Waals surface area contributed by atoms with E-state index in [2.05, 4.69) is 26.3 Å². The Morgan fingerprint density at radius 1 is 0.958 bits per heavy atom. The van der Waals surface area contributed by atoms with Gasteiger partial charge in [0.05, 0.1) is 22.3 Å². The van der Waals surface area contributed by atoms with Gasteiger partial charge in [-0.15, -0.1) is 0 Å². The Hall–Kier alpha value is -5.59. The van der Waals surface area contributed by atoms with Crippen LogP contribution in [-0.2, 0) is 14.4 Å². The lowest BCUT2D eigenvalue weighted by Crippen LogP contribution is -2.54. The molecule has 6 rings (SSSR count). The third kappa shape index (κ3) is 6.10. The fourth-order valence-corrected chi connectivity index (χ4v) is 6.49. The number of nitrogens with zero attached hydrogens (tertiary/aromatic N) is 1. The molecule has 2 aromatic carbocycles. The number of carbonyl (C=O) groups is 6. The van der Waals surface area contributed by atoms with Crippen LogP contribution in [0.1, 0.15) is 92.1 Å². The first kappa shape index (κ1) is 32.4. The lowest BCUT2D eigenvalue weighted by Gasteiger charge is -2.27. The number of nitrogens with one attached hydrogen (secondary N) is 5. The molecule has 3 aromatic rings. The van der Waals surface area contributed by atoms with Crippen molar-refractivity contribution in [2.45, 2.75) is 58.4 Å². The molecule has 48 heavy (non-hydrogen) atoms. The molecule has 1 fully saturated rings. The number of carbonyl (C=O) groups excluding carboxylic acids is 6. The van der Waals surface area contributed by atoms with Crippen LogP contribution in [0, 0.1) is 19.7 Å². The number of amides is 6. The van der Waals surface area contributed by atoms with Crippen LogP contribution in [0.5, 0.6) is 0 Å². The molecule has 3 aliphatic heterocycles. The van der Waals surface area contributed by atoms with Gasteiger partial charge in [-0.05, 0) is 75.1 Å². The first-order valence-corrected chi connectivity index (χ1v) is 15.9. The molecule has 0 aliphatic carbocycles. The molecule has 4 heterocycles. The molecule has 5 N–H and O–H groups in total. The molecule has 3 aliphatic rings. The molecule has 0 spiro atoms. The number of hydrogen-bond acceptors (Lipinski definition) is 7. The standard InChI is InChI=1S/C35H35FN6O6/c1-18-26(17-23-22-16-20(36)10-11-24(22)40-31(23)44)39-19(2)29(18)33(46)38-15-6-4-3-5-14-37-25-9-7-8-21-30(25)35(48)42(34(21)47)27-12-13-28(43)41-32(27)45/h7-11,16-17,27,37,39H,3-6,12-15H2,1-2H3,(H,38,46)(H,40,44)(H,41,43,45). The summed E-state index contributed by atoms with van der Waals surface area (Å²) >= 11 is 0. The number of rotatable bonds is 11. The SMILES string of the molecule is Cc1[nH]c(C=C2C(=O)Nc3ccc(F)cc32)c(C)c1C(=O)NCCCCCCNc1cccc2c1C(=O)N(C1CCC(=O)NC1=O)C2=O. The first-order chi connectivity index (χ1) is 23.0. The van der Waals surface area contributed by atoms with Gasteiger partial charge in [-0.25, -0.2) is 4.39 Å². The van der Waals surface area contributed by atoms with Gasteiger partial charge in [0.2, 0.25) is 11.8 Å². The average molecular weight is 655 g/mol. The minimum atomic E-state index is -1.02. The second-order valence-electron chi connectivity index (χ2n) is 12.1. The zero-order chi connectivity index (χ0) is 34.1. The number of benzene rings is 2. The second-order valence-corrected chi connectivity index (χ2v) is 12.1. The van der Waals surface area contributed by atoms with Gasteiger partial charge in [-0.3, -0.25) is 39.0 Å². The first-order valence-electron chi connectivity index (χ1n) is 15.9. The van der Waals surface area contributed by atoms with Crippen LogP contribution in [0.15, 0.2) is 36.4 Å². The van der Waals surface area contributed by atoms with E-state index in [1.807, 2.05) is 0 Å². The topological polar surface area (TPSA) is 170 Å². The van der Waals surface area contributed by atoms with E-state index in [0.29, 0.717) is 58.1 Å². The van der Waals surface area contributed by atoms with Crippen molar-refractivity contribution in [3.05, 3.63) is 81.4 Å². The van der Waals surface area contributed by atoms with Crippen molar-refractivity contribution in [2.24, 2.45) is 0 Å². The number of imide groups is 2. The van der Waals surface area contributed by atoms with Crippen LogP contribution in [-0.4, -0.2) is 64.5 Å². The highest BCUT2D eigenvalue weighted by Crippen LogP contribution is 2.35. The number of fused-ring (bicyclic) bond motifs is 2. The van der Waals surface area contributed by atoms with Gasteiger partial charge in [0, 0.05) is 47.8 Å². The van der Waals surface area contributed by atoms with E-state index >= 15 is 0 Å². The molecule has 13 heteroatoms. The summed E-state index contributed by atoms with van der Waals surface area (Å²) < 4.78 is 13.8. The number of hydrogen-bond donors (Lipinski definition) is 5. The number of anilines is 2. The predicted molar refractivity (Wildman–Crippen MR) is 176 cm³/mol. The highest BCUT2D eigenvalue weighted by molar-refractivity contribution is 6.35. The van der Waals surface area contributed by atoms with Crippen molar-refractivity contribution < 1.29 is 33.2 Å². The third-order valence-electron chi connectivity index (χ3n) is 8.93. The number of aromatic nitrogens is 1. The number of aromatic amines is 1. The maximum atomic E-state index is 13.8. The Morgan fingerprint density at radius 2 is 1.73 bits per heavy atom. The van der Waals surface area contributed by atoms with Crippen LogP contribution >= 0.6 is 0 Å². The monoisotopic (exact) mass is 654 g/mol. The minimum Gasteiger partial charge on any atom is -0.384 e. The molecule has 1 unspecified atom stereocenters.